The molecule has 14 heavy (non-hydrogen) atoms. The molecule has 1 heteroatoms. The summed E-state index contributed by atoms with van der Waals surface area (Å²) in [7, 11) is 0. The van der Waals surface area contributed by atoms with Gasteiger partial charge >= 0.3 is 0 Å². The minimum atomic E-state index is 0.734. The molecule has 2 aliphatic heterocycles. The van der Waals surface area contributed by atoms with Gasteiger partial charge in [-0.2, -0.15) is 0 Å². The topological polar surface area (TPSA) is 0 Å². The van der Waals surface area contributed by atoms with E-state index in [1.54, 1.807) is 0 Å². The van der Waals surface area contributed by atoms with Crippen LogP contribution in [0.5, 0.6) is 0 Å². The Hall–Kier alpha value is -0.195. The molecule has 0 radical (unpaired) electrons. The normalized spacial score (nSPS) is 32.9. The highest BCUT2D eigenvalue weighted by atomic mass is 14.2. The largest absolute Gasteiger partial charge is 0.172 e. The van der Waals surface area contributed by atoms with E-state index >= 15 is 0 Å². The quantitative estimate of drug-likeness (QED) is 0.568. The van der Waals surface area contributed by atoms with Gasteiger partial charge in [-0.1, -0.05) is 70.1 Å². The summed E-state index contributed by atoms with van der Waals surface area (Å²) >= 11 is 0. The first-order valence-electron chi connectivity index (χ1n) is 6.45. The molecule has 2 heterocycles. The molecule has 0 amide bonds. The highest BCUT2D eigenvalue weighted by molar-refractivity contribution is 6.67. The van der Waals surface area contributed by atoms with E-state index in [9.17, 15) is 0 Å². The monoisotopic (exact) mass is 190 g/mol. The Morgan fingerprint density at radius 3 is 1.93 bits per heavy atom. The van der Waals surface area contributed by atoms with Gasteiger partial charge in [0.15, 0.2) is 6.71 Å². The molecule has 2 rings (SSSR count). The number of allylic oxidation sites excluding steroid dienone is 1. The predicted octanol–water partition coefficient (Wildman–Crippen LogP) is 4.34. The molecule has 0 nitrogen and oxygen atoms in total. The van der Waals surface area contributed by atoms with Crippen LogP contribution in [-0.2, 0) is 0 Å². The standard InChI is InChI=1S/C13H23B/c1-11(2)9-10-14-12-5-3-6-13(14)8-4-7-12/h9-13H,3-8H2,1-2H3/b10-9+. The van der Waals surface area contributed by atoms with E-state index in [1.807, 2.05) is 0 Å². The molecular formula is C13H23B. The van der Waals surface area contributed by atoms with Crippen LogP contribution >= 0.6 is 0 Å². The van der Waals surface area contributed by atoms with Crippen LogP contribution in [0.4, 0.5) is 0 Å². The van der Waals surface area contributed by atoms with Crippen molar-refractivity contribution in [2.75, 3.05) is 0 Å². The van der Waals surface area contributed by atoms with Crippen molar-refractivity contribution in [3.05, 3.63) is 12.1 Å². The van der Waals surface area contributed by atoms with Crippen molar-refractivity contribution < 1.29 is 0 Å². The summed E-state index contributed by atoms with van der Waals surface area (Å²) < 4.78 is 0. The lowest BCUT2D eigenvalue weighted by Crippen LogP contribution is -2.33. The van der Waals surface area contributed by atoms with Gasteiger partial charge in [0.05, 0.1) is 0 Å². The molecule has 0 N–H and O–H groups in total. The maximum atomic E-state index is 2.55. The summed E-state index contributed by atoms with van der Waals surface area (Å²) in [6.07, 6.45) is 11.4. The first-order chi connectivity index (χ1) is 6.77. The molecule has 78 valence electrons. The van der Waals surface area contributed by atoms with Crippen LogP contribution < -0.4 is 0 Å². The van der Waals surface area contributed by atoms with Crippen LogP contribution in [-0.4, -0.2) is 6.71 Å². The maximum absolute atomic E-state index is 2.55. The van der Waals surface area contributed by atoms with Gasteiger partial charge in [-0.05, 0) is 5.92 Å². The first-order valence-corrected chi connectivity index (χ1v) is 6.45. The maximum Gasteiger partial charge on any atom is 0.172 e. The van der Waals surface area contributed by atoms with Gasteiger partial charge in [0.25, 0.3) is 0 Å². The second kappa shape index (κ2) is 4.55. The zero-order valence-corrected chi connectivity index (χ0v) is 9.71. The van der Waals surface area contributed by atoms with Gasteiger partial charge in [0, 0.05) is 0 Å². The smallest absolute Gasteiger partial charge is 0.118 e. The van der Waals surface area contributed by atoms with Gasteiger partial charge in [-0.3, -0.25) is 0 Å². The van der Waals surface area contributed by atoms with Crippen molar-refractivity contribution >= 4 is 6.71 Å². The Balaban J connectivity index is 2.01. The lowest BCUT2D eigenvalue weighted by molar-refractivity contribution is 0.447. The van der Waals surface area contributed by atoms with Crippen molar-refractivity contribution in [1.82, 2.24) is 0 Å². The van der Waals surface area contributed by atoms with E-state index in [1.165, 1.54) is 38.5 Å². The summed E-state index contributed by atoms with van der Waals surface area (Å²) in [5.74, 6) is 5.37. The molecule has 0 saturated carbocycles. The summed E-state index contributed by atoms with van der Waals surface area (Å²) in [5, 5.41) is 0. The molecule has 2 saturated heterocycles. The first kappa shape index (κ1) is 10.3. The van der Waals surface area contributed by atoms with E-state index in [0.29, 0.717) is 0 Å². The Bertz CT molecular complexity index is 185. The summed E-state index contributed by atoms with van der Waals surface area (Å²) in [6, 6.07) is 0. The van der Waals surface area contributed by atoms with E-state index < -0.39 is 0 Å². The Labute approximate surface area is 89.2 Å². The van der Waals surface area contributed by atoms with Crippen molar-refractivity contribution in [3.63, 3.8) is 0 Å². The second-order valence-corrected chi connectivity index (χ2v) is 5.59. The fourth-order valence-electron chi connectivity index (χ4n) is 3.39. The minimum absolute atomic E-state index is 0.734. The summed E-state index contributed by atoms with van der Waals surface area (Å²) in [4.78, 5) is 0. The molecule has 0 aromatic carbocycles. The van der Waals surface area contributed by atoms with Crippen molar-refractivity contribution in [2.45, 2.75) is 64.0 Å². The van der Waals surface area contributed by atoms with Gasteiger partial charge in [-0.15, -0.1) is 5.98 Å². The van der Waals surface area contributed by atoms with Gasteiger partial charge in [-0.25, -0.2) is 0 Å². The number of hydrogen-bond acceptors (Lipinski definition) is 0. The van der Waals surface area contributed by atoms with Crippen LogP contribution in [0.15, 0.2) is 12.1 Å². The fraction of sp³-hybridized carbons (Fsp3) is 0.846. The second-order valence-electron chi connectivity index (χ2n) is 5.59. The van der Waals surface area contributed by atoms with Gasteiger partial charge in [0.1, 0.15) is 0 Å². The number of hydrogen-bond donors (Lipinski definition) is 0. The average Bonchev–Trinajstić information content (AvgIpc) is 2.13. The third-order valence-corrected chi connectivity index (χ3v) is 4.11. The zero-order chi connectivity index (χ0) is 9.97. The van der Waals surface area contributed by atoms with E-state index in [-0.39, 0.29) is 0 Å². The van der Waals surface area contributed by atoms with E-state index in [4.69, 9.17) is 0 Å². The molecule has 2 bridgehead atoms. The number of rotatable bonds is 2. The molecule has 0 atom stereocenters. The average molecular weight is 190 g/mol. The Kier molecular flexibility index (Phi) is 3.36. The van der Waals surface area contributed by atoms with Crippen molar-refractivity contribution in [1.29, 1.82) is 0 Å². The summed E-state index contributed by atoms with van der Waals surface area (Å²) in [5.41, 5.74) is 0. The highest BCUT2D eigenvalue weighted by Crippen LogP contribution is 2.46. The van der Waals surface area contributed by atoms with Crippen LogP contribution in [0.25, 0.3) is 0 Å². The minimum Gasteiger partial charge on any atom is -0.118 e. The molecule has 0 spiro atoms. The van der Waals surface area contributed by atoms with Crippen LogP contribution in [0.1, 0.15) is 52.4 Å². The molecule has 0 aliphatic carbocycles. The van der Waals surface area contributed by atoms with Crippen LogP contribution in [0.2, 0.25) is 11.6 Å². The van der Waals surface area contributed by atoms with Crippen molar-refractivity contribution in [2.24, 2.45) is 5.92 Å². The molecule has 2 fully saturated rings. The highest BCUT2D eigenvalue weighted by Gasteiger charge is 2.36. The van der Waals surface area contributed by atoms with Crippen LogP contribution in [0.3, 0.4) is 0 Å². The Morgan fingerprint density at radius 1 is 1.00 bits per heavy atom. The third kappa shape index (κ3) is 2.24. The molecule has 0 aromatic rings. The lowest BCUT2D eigenvalue weighted by Gasteiger charge is -2.39. The molecular weight excluding hydrogens is 167 g/mol. The van der Waals surface area contributed by atoms with E-state index in [0.717, 1.165) is 24.3 Å². The predicted molar refractivity (Wildman–Crippen MR) is 64.9 cm³/mol. The number of fused-ring (bicyclic) bond motifs is 2. The van der Waals surface area contributed by atoms with Crippen molar-refractivity contribution in [3.8, 4) is 0 Å². The van der Waals surface area contributed by atoms with E-state index in [2.05, 4.69) is 25.9 Å². The summed E-state index contributed by atoms with van der Waals surface area (Å²) in [6.45, 7) is 5.52. The fourth-order valence-corrected chi connectivity index (χ4v) is 3.39. The zero-order valence-electron chi connectivity index (χ0n) is 9.71. The molecule has 2 aliphatic rings. The molecule has 0 unspecified atom stereocenters. The van der Waals surface area contributed by atoms with Gasteiger partial charge in [0.2, 0.25) is 0 Å². The van der Waals surface area contributed by atoms with Crippen LogP contribution in [0, 0.1) is 5.92 Å². The SMILES string of the molecule is CC(C)/C=C/B1C2CCCC1CCC2. The molecule has 0 aromatic heterocycles. The third-order valence-electron chi connectivity index (χ3n) is 4.11. The van der Waals surface area contributed by atoms with Gasteiger partial charge < -0.3 is 0 Å². The Morgan fingerprint density at radius 2 is 1.50 bits per heavy atom. The lowest BCUT2D eigenvalue weighted by atomic mass is 9.27.